The molecular weight excluding hydrogens is 352 g/mol. The Morgan fingerprint density at radius 2 is 2.12 bits per heavy atom. The summed E-state index contributed by atoms with van der Waals surface area (Å²) in [6, 6.07) is 11.2. The van der Waals surface area contributed by atoms with E-state index in [9.17, 15) is 4.79 Å². The molecule has 0 spiro atoms. The van der Waals surface area contributed by atoms with E-state index in [1.807, 2.05) is 51.1 Å². The fourth-order valence-electron chi connectivity index (χ4n) is 2.68. The molecule has 0 unspecified atom stereocenters. The zero-order valence-electron chi connectivity index (χ0n) is 15.2. The zero-order chi connectivity index (χ0) is 18.7. The second kappa shape index (κ2) is 7.54. The number of aromatic nitrogens is 1. The first-order valence-corrected chi connectivity index (χ1v) is 9.05. The van der Waals surface area contributed by atoms with Crippen LogP contribution in [0.5, 0.6) is 5.75 Å². The molecule has 1 aromatic heterocycles. The Morgan fingerprint density at radius 3 is 2.73 bits per heavy atom. The molecule has 26 heavy (non-hydrogen) atoms. The highest BCUT2D eigenvalue weighted by molar-refractivity contribution is 6.33. The molecule has 1 aliphatic rings. The molecule has 0 saturated carbocycles. The van der Waals surface area contributed by atoms with Crippen molar-refractivity contribution in [2.45, 2.75) is 38.8 Å². The van der Waals surface area contributed by atoms with Crippen LogP contribution in [0.1, 0.15) is 27.2 Å². The first-order valence-electron chi connectivity index (χ1n) is 8.67. The number of carbonyl (C=O) groups excluding carboxylic acids is 1. The Bertz CT molecular complexity index is 774. The molecule has 1 aromatic carbocycles. The van der Waals surface area contributed by atoms with Gasteiger partial charge >= 0.3 is 6.09 Å². The molecule has 0 bridgehead atoms. The fourth-order valence-corrected chi connectivity index (χ4v) is 2.89. The molecule has 2 aromatic rings. The van der Waals surface area contributed by atoms with Gasteiger partial charge in [0.2, 0.25) is 0 Å². The van der Waals surface area contributed by atoms with E-state index in [4.69, 9.17) is 21.1 Å². The van der Waals surface area contributed by atoms with E-state index in [1.54, 1.807) is 17.2 Å². The molecule has 6 heteroatoms. The minimum Gasteiger partial charge on any atom is -0.491 e. The maximum Gasteiger partial charge on any atom is 0.410 e. The summed E-state index contributed by atoms with van der Waals surface area (Å²) < 4.78 is 11.3. The number of halogens is 1. The lowest BCUT2D eigenvalue weighted by Crippen LogP contribution is -2.55. The third kappa shape index (κ3) is 4.47. The Morgan fingerprint density at radius 1 is 1.31 bits per heavy atom. The summed E-state index contributed by atoms with van der Waals surface area (Å²) >= 11 is 6.29. The SMILES string of the molecule is CC(C)(C)OC(=O)N1CC[C@@H]1COc1ccc(Cl)c(-c2ccccn2)c1. The van der Waals surface area contributed by atoms with Crippen LogP contribution in [0.3, 0.4) is 0 Å². The first kappa shape index (κ1) is 18.5. The fraction of sp³-hybridized carbons (Fsp3) is 0.400. The maximum atomic E-state index is 12.2. The Hall–Kier alpha value is -2.27. The van der Waals surface area contributed by atoms with Crippen molar-refractivity contribution in [3.63, 3.8) is 0 Å². The van der Waals surface area contributed by atoms with Crippen molar-refractivity contribution in [3.05, 3.63) is 47.6 Å². The van der Waals surface area contributed by atoms with Crippen molar-refractivity contribution in [2.24, 2.45) is 0 Å². The predicted molar refractivity (Wildman–Crippen MR) is 102 cm³/mol. The highest BCUT2D eigenvalue weighted by Gasteiger charge is 2.35. The van der Waals surface area contributed by atoms with Crippen LogP contribution in [-0.4, -0.2) is 40.8 Å². The Balaban J connectivity index is 1.63. The topological polar surface area (TPSA) is 51.7 Å². The van der Waals surface area contributed by atoms with Gasteiger partial charge in [-0.05, 0) is 57.5 Å². The zero-order valence-corrected chi connectivity index (χ0v) is 16.0. The third-order valence-corrected chi connectivity index (χ3v) is 4.42. The van der Waals surface area contributed by atoms with E-state index in [-0.39, 0.29) is 12.1 Å². The van der Waals surface area contributed by atoms with Crippen molar-refractivity contribution < 1.29 is 14.3 Å². The summed E-state index contributed by atoms with van der Waals surface area (Å²) in [6.07, 6.45) is 2.34. The van der Waals surface area contributed by atoms with Crippen molar-refractivity contribution in [3.8, 4) is 17.0 Å². The molecule has 138 valence electrons. The molecule has 5 nitrogen and oxygen atoms in total. The minimum absolute atomic E-state index is 0.0267. The van der Waals surface area contributed by atoms with E-state index in [0.717, 1.165) is 17.7 Å². The van der Waals surface area contributed by atoms with E-state index in [0.29, 0.717) is 23.9 Å². The van der Waals surface area contributed by atoms with Gasteiger partial charge in [-0.2, -0.15) is 0 Å². The van der Waals surface area contributed by atoms with Gasteiger partial charge in [-0.25, -0.2) is 4.79 Å². The molecular formula is C20H23ClN2O3. The van der Waals surface area contributed by atoms with E-state index in [2.05, 4.69) is 4.98 Å². The largest absolute Gasteiger partial charge is 0.491 e. The van der Waals surface area contributed by atoms with Crippen molar-refractivity contribution in [1.29, 1.82) is 0 Å². The Labute approximate surface area is 158 Å². The molecule has 2 heterocycles. The van der Waals surface area contributed by atoms with Gasteiger partial charge in [0, 0.05) is 18.3 Å². The van der Waals surface area contributed by atoms with Crippen LogP contribution in [0.4, 0.5) is 4.79 Å². The lowest BCUT2D eigenvalue weighted by molar-refractivity contribution is -0.0141. The summed E-state index contributed by atoms with van der Waals surface area (Å²) in [5.74, 6) is 0.700. The quantitative estimate of drug-likeness (QED) is 0.772. The average Bonchev–Trinajstić information content (AvgIpc) is 2.54. The van der Waals surface area contributed by atoms with Crippen LogP contribution in [0.15, 0.2) is 42.6 Å². The monoisotopic (exact) mass is 374 g/mol. The number of likely N-dealkylation sites (tertiary alicyclic amines) is 1. The number of benzene rings is 1. The van der Waals surface area contributed by atoms with Gasteiger partial charge in [-0.1, -0.05) is 17.7 Å². The first-order chi connectivity index (χ1) is 12.3. The van der Waals surface area contributed by atoms with Crippen LogP contribution in [0.2, 0.25) is 5.02 Å². The van der Waals surface area contributed by atoms with Crippen molar-refractivity contribution >= 4 is 17.7 Å². The molecule has 0 N–H and O–H groups in total. The molecule has 1 atom stereocenters. The van der Waals surface area contributed by atoms with Gasteiger partial charge in [0.15, 0.2) is 0 Å². The molecule has 0 radical (unpaired) electrons. The second-order valence-corrected chi connectivity index (χ2v) is 7.69. The number of hydrogen-bond acceptors (Lipinski definition) is 4. The molecule has 0 aliphatic carbocycles. The predicted octanol–water partition coefficient (Wildman–Crippen LogP) is 4.79. The van der Waals surface area contributed by atoms with Gasteiger partial charge in [0.1, 0.15) is 18.0 Å². The normalized spacial score (nSPS) is 16.8. The van der Waals surface area contributed by atoms with Gasteiger partial charge in [-0.3, -0.25) is 4.98 Å². The van der Waals surface area contributed by atoms with Crippen molar-refractivity contribution in [1.82, 2.24) is 9.88 Å². The van der Waals surface area contributed by atoms with E-state index >= 15 is 0 Å². The molecule has 3 rings (SSSR count). The van der Waals surface area contributed by atoms with Crippen LogP contribution in [0.25, 0.3) is 11.3 Å². The molecule has 1 fully saturated rings. The Kier molecular flexibility index (Phi) is 5.37. The highest BCUT2D eigenvalue weighted by atomic mass is 35.5. The standard InChI is InChI=1S/C20H23ClN2O3/c1-20(2,3)26-19(24)23-11-9-14(23)13-25-15-7-8-17(21)16(12-15)18-6-4-5-10-22-18/h4-8,10,12,14H,9,11,13H2,1-3H3/t14-/m1/s1. The van der Waals surface area contributed by atoms with Gasteiger partial charge in [-0.15, -0.1) is 0 Å². The van der Waals surface area contributed by atoms with Gasteiger partial charge in [0.05, 0.1) is 16.8 Å². The van der Waals surface area contributed by atoms with Crippen LogP contribution in [0, 0.1) is 0 Å². The molecule has 1 amide bonds. The number of amides is 1. The van der Waals surface area contributed by atoms with E-state index in [1.165, 1.54) is 0 Å². The second-order valence-electron chi connectivity index (χ2n) is 7.28. The summed E-state index contributed by atoms with van der Waals surface area (Å²) in [5, 5.41) is 0.620. The van der Waals surface area contributed by atoms with Crippen molar-refractivity contribution in [2.75, 3.05) is 13.2 Å². The number of carbonyl (C=O) groups is 1. The maximum absolute atomic E-state index is 12.2. The number of nitrogens with zero attached hydrogens (tertiary/aromatic N) is 2. The number of ether oxygens (including phenoxy) is 2. The summed E-state index contributed by atoms with van der Waals surface area (Å²) in [7, 11) is 0. The van der Waals surface area contributed by atoms with Crippen LogP contribution >= 0.6 is 11.6 Å². The highest BCUT2D eigenvalue weighted by Crippen LogP contribution is 2.31. The third-order valence-electron chi connectivity index (χ3n) is 4.09. The summed E-state index contributed by atoms with van der Waals surface area (Å²) in [4.78, 5) is 18.2. The molecule has 1 aliphatic heterocycles. The average molecular weight is 375 g/mol. The van der Waals surface area contributed by atoms with Crippen LogP contribution in [-0.2, 0) is 4.74 Å². The lowest BCUT2D eigenvalue weighted by Gasteiger charge is -2.41. The van der Waals surface area contributed by atoms with Crippen LogP contribution < -0.4 is 4.74 Å². The molecule has 1 saturated heterocycles. The van der Waals surface area contributed by atoms with E-state index < -0.39 is 5.60 Å². The minimum atomic E-state index is -0.494. The smallest absolute Gasteiger partial charge is 0.410 e. The number of hydrogen-bond donors (Lipinski definition) is 0. The lowest BCUT2D eigenvalue weighted by atomic mass is 10.1. The summed E-state index contributed by atoms with van der Waals surface area (Å²) in [6.45, 7) is 6.71. The van der Waals surface area contributed by atoms with Gasteiger partial charge < -0.3 is 14.4 Å². The summed E-state index contributed by atoms with van der Waals surface area (Å²) in [5.41, 5.74) is 1.12. The van der Waals surface area contributed by atoms with Gasteiger partial charge in [0.25, 0.3) is 0 Å². The number of rotatable bonds is 4. The number of pyridine rings is 1.